The lowest BCUT2D eigenvalue weighted by Gasteiger charge is -2.27. The standard InChI is InChI=1S/C33H26N2O5/c1-18-7-5-6-8-27(18)34-29(37)23-12-9-20(16-25(23)31(34)39)33(3,4)21-10-13-24-26(17-21)32(40)35(30(24)38)28-14-11-22(36)15-19(28)2/h5-17,36H,1-4H3. The van der Waals surface area contributed by atoms with Crippen LogP contribution in [-0.4, -0.2) is 28.7 Å². The fourth-order valence-corrected chi connectivity index (χ4v) is 5.57. The Morgan fingerprint density at radius 2 is 1.02 bits per heavy atom. The molecule has 1 N–H and O–H groups in total. The van der Waals surface area contributed by atoms with Crippen LogP contribution in [0.25, 0.3) is 0 Å². The number of phenols is 1. The fourth-order valence-electron chi connectivity index (χ4n) is 5.57. The number of anilines is 2. The second kappa shape index (κ2) is 8.74. The number of amides is 4. The van der Waals surface area contributed by atoms with Gasteiger partial charge in [-0.15, -0.1) is 0 Å². The Balaban J connectivity index is 1.36. The summed E-state index contributed by atoms with van der Waals surface area (Å²) in [4.78, 5) is 55.6. The number of para-hydroxylation sites is 1. The first kappa shape index (κ1) is 25.2. The number of carbonyl (C=O) groups is 4. The number of phenolic OH excluding ortho intramolecular Hbond substituents is 1. The Hall–Kier alpha value is -5.04. The second-order valence-corrected chi connectivity index (χ2v) is 10.8. The van der Waals surface area contributed by atoms with Gasteiger partial charge in [0.1, 0.15) is 5.75 Å². The van der Waals surface area contributed by atoms with Crippen molar-refractivity contribution in [3.63, 3.8) is 0 Å². The highest BCUT2D eigenvalue weighted by Crippen LogP contribution is 2.39. The van der Waals surface area contributed by atoms with Crippen molar-refractivity contribution >= 4 is 35.0 Å². The zero-order chi connectivity index (χ0) is 28.5. The van der Waals surface area contributed by atoms with E-state index in [1.807, 2.05) is 45.0 Å². The molecule has 4 aromatic carbocycles. The van der Waals surface area contributed by atoms with Crippen molar-refractivity contribution in [2.45, 2.75) is 33.1 Å². The first-order valence-electron chi connectivity index (χ1n) is 12.9. The summed E-state index contributed by atoms with van der Waals surface area (Å²) in [6, 6.07) is 22.2. The third kappa shape index (κ3) is 3.58. The highest BCUT2D eigenvalue weighted by atomic mass is 16.3. The number of hydrogen-bond donors (Lipinski definition) is 1. The summed E-state index contributed by atoms with van der Waals surface area (Å²) >= 11 is 0. The van der Waals surface area contributed by atoms with Gasteiger partial charge in [-0.1, -0.05) is 44.2 Å². The van der Waals surface area contributed by atoms with Crippen molar-refractivity contribution in [1.82, 2.24) is 0 Å². The molecule has 4 aromatic rings. The molecule has 0 aromatic heterocycles. The average Bonchev–Trinajstić information content (AvgIpc) is 3.33. The van der Waals surface area contributed by atoms with E-state index in [2.05, 4.69) is 0 Å². The van der Waals surface area contributed by atoms with Crippen LogP contribution in [0.4, 0.5) is 11.4 Å². The summed E-state index contributed by atoms with van der Waals surface area (Å²) in [6.45, 7) is 7.53. The second-order valence-electron chi connectivity index (χ2n) is 10.8. The zero-order valence-corrected chi connectivity index (χ0v) is 22.5. The number of nitrogens with zero attached hydrogens (tertiary/aromatic N) is 2. The van der Waals surface area contributed by atoms with Crippen LogP contribution in [-0.2, 0) is 5.41 Å². The van der Waals surface area contributed by atoms with Gasteiger partial charge in [0.25, 0.3) is 23.6 Å². The maximum atomic E-state index is 13.4. The van der Waals surface area contributed by atoms with Gasteiger partial charge < -0.3 is 5.11 Å². The number of benzene rings is 4. The van der Waals surface area contributed by atoms with Gasteiger partial charge in [-0.05, 0) is 84.6 Å². The van der Waals surface area contributed by atoms with Gasteiger partial charge in [0.15, 0.2) is 0 Å². The van der Waals surface area contributed by atoms with Crippen molar-refractivity contribution < 1.29 is 24.3 Å². The highest BCUT2D eigenvalue weighted by molar-refractivity contribution is 6.35. The molecule has 0 spiro atoms. The molecule has 0 radical (unpaired) electrons. The molecule has 0 atom stereocenters. The lowest BCUT2D eigenvalue weighted by Crippen LogP contribution is -2.30. The molecular weight excluding hydrogens is 504 g/mol. The lowest BCUT2D eigenvalue weighted by molar-refractivity contribution is 0.0910. The van der Waals surface area contributed by atoms with Crippen molar-refractivity contribution in [2.24, 2.45) is 0 Å². The van der Waals surface area contributed by atoms with Gasteiger partial charge in [0, 0.05) is 5.41 Å². The monoisotopic (exact) mass is 530 g/mol. The first-order valence-corrected chi connectivity index (χ1v) is 12.9. The molecule has 198 valence electrons. The Kier molecular flexibility index (Phi) is 5.52. The Bertz CT molecular complexity index is 1800. The predicted octanol–water partition coefficient (Wildman–Crippen LogP) is 5.94. The molecule has 7 nitrogen and oxygen atoms in total. The van der Waals surface area contributed by atoms with Gasteiger partial charge in [0.05, 0.1) is 33.6 Å². The van der Waals surface area contributed by atoms with E-state index in [0.717, 1.165) is 21.6 Å². The number of carbonyl (C=O) groups excluding carboxylic acids is 4. The zero-order valence-electron chi connectivity index (χ0n) is 22.5. The Labute approximate surface area is 231 Å². The number of hydrogen-bond acceptors (Lipinski definition) is 5. The number of rotatable bonds is 4. The predicted molar refractivity (Wildman–Crippen MR) is 151 cm³/mol. The topological polar surface area (TPSA) is 95.0 Å². The Morgan fingerprint density at radius 1 is 0.550 bits per heavy atom. The minimum absolute atomic E-state index is 0.0541. The summed E-state index contributed by atoms with van der Waals surface area (Å²) in [7, 11) is 0. The largest absolute Gasteiger partial charge is 0.508 e. The molecule has 7 heteroatoms. The van der Waals surface area contributed by atoms with Crippen LogP contribution < -0.4 is 9.80 Å². The summed E-state index contributed by atoms with van der Waals surface area (Å²) in [6.07, 6.45) is 0. The van der Waals surface area contributed by atoms with Gasteiger partial charge in [-0.3, -0.25) is 19.2 Å². The Morgan fingerprint density at radius 3 is 1.52 bits per heavy atom. The van der Waals surface area contributed by atoms with Crippen LogP contribution in [0.1, 0.15) is 77.5 Å². The quantitative estimate of drug-likeness (QED) is 0.330. The molecule has 4 amide bonds. The summed E-state index contributed by atoms with van der Waals surface area (Å²) in [5.41, 5.74) is 4.61. The van der Waals surface area contributed by atoms with Crippen molar-refractivity contribution in [3.05, 3.63) is 123 Å². The summed E-state index contributed by atoms with van der Waals surface area (Å²) in [5, 5.41) is 9.76. The van der Waals surface area contributed by atoms with E-state index in [1.165, 1.54) is 17.0 Å². The summed E-state index contributed by atoms with van der Waals surface area (Å²) in [5.74, 6) is -1.53. The minimum atomic E-state index is -0.658. The maximum absolute atomic E-state index is 13.4. The molecule has 0 aliphatic carbocycles. The van der Waals surface area contributed by atoms with Crippen LogP contribution >= 0.6 is 0 Å². The first-order chi connectivity index (χ1) is 19.0. The smallest absolute Gasteiger partial charge is 0.266 e. The third-order valence-electron chi connectivity index (χ3n) is 7.99. The van der Waals surface area contributed by atoms with Gasteiger partial charge in [0.2, 0.25) is 0 Å². The normalized spacial score (nSPS) is 14.7. The van der Waals surface area contributed by atoms with Crippen LogP contribution in [0, 0.1) is 13.8 Å². The van der Waals surface area contributed by atoms with E-state index < -0.39 is 17.2 Å². The fraction of sp³-hybridized carbons (Fsp3) is 0.152. The lowest BCUT2D eigenvalue weighted by atomic mass is 9.76. The molecule has 40 heavy (non-hydrogen) atoms. The molecular formula is C33H26N2O5. The van der Waals surface area contributed by atoms with E-state index in [0.29, 0.717) is 39.2 Å². The molecule has 0 saturated heterocycles. The van der Waals surface area contributed by atoms with Crippen LogP contribution in [0.15, 0.2) is 78.9 Å². The molecule has 2 heterocycles. The van der Waals surface area contributed by atoms with E-state index in [9.17, 15) is 24.3 Å². The SMILES string of the molecule is Cc1ccccc1N1C(=O)c2ccc(C(C)(C)c3ccc4c(c3)C(=O)N(c3ccc(O)cc3C)C4=O)cc2C1=O. The molecule has 0 fully saturated rings. The molecule has 2 aliphatic rings. The van der Waals surface area contributed by atoms with E-state index in [1.54, 1.807) is 49.4 Å². The minimum Gasteiger partial charge on any atom is -0.508 e. The highest BCUT2D eigenvalue weighted by Gasteiger charge is 2.40. The number of imide groups is 2. The van der Waals surface area contributed by atoms with Crippen LogP contribution in [0.5, 0.6) is 5.75 Å². The van der Waals surface area contributed by atoms with E-state index >= 15 is 0 Å². The molecule has 0 unspecified atom stereocenters. The van der Waals surface area contributed by atoms with Crippen LogP contribution in [0.3, 0.4) is 0 Å². The summed E-state index contributed by atoms with van der Waals surface area (Å²) < 4.78 is 0. The van der Waals surface area contributed by atoms with Gasteiger partial charge in [-0.2, -0.15) is 0 Å². The number of fused-ring (bicyclic) bond motifs is 2. The third-order valence-corrected chi connectivity index (χ3v) is 7.99. The van der Waals surface area contributed by atoms with Gasteiger partial charge >= 0.3 is 0 Å². The van der Waals surface area contributed by atoms with E-state index in [4.69, 9.17) is 0 Å². The van der Waals surface area contributed by atoms with E-state index in [-0.39, 0.29) is 17.6 Å². The molecule has 2 aliphatic heterocycles. The van der Waals surface area contributed by atoms with Crippen LogP contribution in [0.2, 0.25) is 0 Å². The van der Waals surface area contributed by atoms with Gasteiger partial charge in [-0.25, -0.2) is 9.80 Å². The van der Waals surface area contributed by atoms with Crippen molar-refractivity contribution in [2.75, 3.05) is 9.80 Å². The average molecular weight is 531 g/mol. The van der Waals surface area contributed by atoms with Crippen molar-refractivity contribution in [1.29, 1.82) is 0 Å². The molecule has 0 bridgehead atoms. The van der Waals surface area contributed by atoms with Crippen molar-refractivity contribution in [3.8, 4) is 5.75 Å². The number of aromatic hydroxyl groups is 1. The molecule has 0 saturated carbocycles. The maximum Gasteiger partial charge on any atom is 0.266 e. The molecule has 6 rings (SSSR count). The number of aryl methyl sites for hydroxylation is 2.